The van der Waals surface area contributed by atoms with Crippen LogP contribution in [0.5, 0.6) is 0 Å². The Bertz CT molecular complexity index is 1340. The molecule has 4 N–H and O–H groups in total. The number of H-pyrrole nitrogens is 1. The van der Waals surface area contributed by atoms with E-state index >= 15 is 0 Å². The van der Waals surface area contributed by atoms with Crippen molar-refractivity contribution in [1.29, 1.82) is 0 Å². The van der Waals surface area contributed by atoms with Crippen molar-refractivity contribution >= 4 is 28.5 Å². The lowest BCUT2D eigenvalue weighted by molar-refractivity contribution is -0.218. The number of rotatable bonds is 6. The summed E-state index contributed by atoms with van der Waals surface area (Å²) in [6.45, 7) is 1.63. The molecule has 10 nitrogen and oxygen atoms in total. The number of carbonyl (C=O) groups excluding carboxylic acids is 2. The van der Waals surface area contributed by atoms with Crippen molar-refractivity contribution < 1.29 is 39.1 Å². The standard InChI is InChI=1S/C28H32N2O8/c1-14-25(33)26(34)27(35)28(38-14)30-20-11-7-5-9-16(20)18(13-22(32)37-3)24(30)23-17(12-21(31)36-2)15-8-4-6-10-19(15)29-23/h4-11,14,18,24-29,33-35H,12-13H2,1-3H3/t14-,18-,24-,25-,26+,27+,28+/m0/s1. The van der Waals surface area contributed by atoms with Crippen molar-refractivity contribution in [2.24, 2.45) is 0 Å². The number of fused-ring (bicyclic) bond motifs is 2. The minimum atomic E-state index is -1.46. The summed E-state index contributed by atoms with van der Waals surface area (Å²) in [5, 5.41) is 33.0. The molecule has 0 bridgehead atoms. The van der Waals surface area contributed by atoms with Gasteiger partial charge in [-0.25, -0.2) is 0 Å². The molecular weight excluding hydrogens is 492 g/mol. The predicted molar refractivity (Wildman–Crippen MR) is 137 cm³/mol. The van der Waals surface area contributed by atoms with Crippen molar-refractivity contribution in [3.63, 3.8) is 0 Å². The van der Waals surface area contributed by atoms with Crippen LogP contribution in [-0.4, -0.2) is 77.1 Å². The summed E-state index contributed by atoms with van der Waals surface area (Å²) >= 11 is 0. The predicted octanol–water partition coefficient (Wildman–Crippen LogP) is 1.92. The van der Waals surface area contributed by atoms with Crippen LogP contribution in [0.2, 0.25) is 0 Å². The first-order chi connectivity index (χ1) is 18.3. The average Bonchev–Trinajstić information content (AvgIpc) is 3.44. The fourth-order valence-corrected chi connectivity index (χ4v) is 5.81. The number of carbonyl (C=O) groups is 2. The Balaban J connectivity index is 1.73. The van der Waals surface area contributed by atoms with Gasteiger partial charge in [0.2, 0.25) is 0 Å². The third-order valence-electron chi connectivity index (χ3n) is 7.70. The second-order valence-corrected chi connectivity index (χ2v) is 9.82. The fourth-order valence-electron chi connectivity index (χ4n) is 5.81. The molecule has 2 aliphatic rings. The van der Waals surface area contributed by atoms with E-state index < -0.39 is 54.5 Å². The number of ether oxygens (including phenoxy) is 3. The molecule has 3 heterocycles. The molecule has 0 radical (unpaired) electrons. The minimum absolute atomic E-state index is 0.0191. The quantitative estimate of drug-likeness (QED) is 0.356. The second-order valence-electron chi connectivity index (χ2n) is 9.82. The molecule has 0 aliphatic carbocycles. The first-order valence-electron chi connectivity index (χ1n) is 12.6. The fraction of sp³-hybridized carbons (Fsp3) is 0.429. The van der Waals surface area contributed by atoms with Crippen LogP contribution in [0.15, 0.2) is 48.5 Å². The highest BCUT2D eigenvalue weighted by Gasteiger charge is 2.52. The number of aliphatic hydroxyl groups is 3. The van der Waals surface area contributed by atoms with E-state index in [9.17, 15) is 24.9 Å². The molecule has 0 amide bonds. The van der Waals surface area contributed by atoms with Gasteiger partial charge in [-0.05, 0) is 30.2 Å². The molecular formula is C28H32N2O8. The molecule has 0 unspecified atom stereocenters. The highest BCUT2D eigenvalue weighted by atomic mass is 16.6. The molecule has 202 valence electrons. The lowest BCUT2D eigenvalue weighted by Gasteiger charge is -2.46. The van der Waals surface area contributed by atoms with Gasteiger partial charge in [-0.1, -0.05) is 36.4 Å². The van der Waals surface area contributed by atoms with Gasteiger partial charge in [0.25, 0.3) is 0 Å². The Kier molecular flexibility index (Phi) is 7.15. The SMILES string of the molecule is COC(=O)Cc1c([C@@H]2[C@@H](CC(=O)OC)c3ccccc3N2[C@@H]2O[C@@H](C)[C@H](O)[C@@H](O)[C@H]2O)[nH]c2ccccc12. The zero-order valence-corrected chi connectivity index (χ0v) is 21.4. The number of aromatic nitrogens is 1. The number of methoxy groups -OCH3 is 2. The van der Waals surface area contributed by atoms with Gasteiger partial charge >= 0.3 is 11.9 Å². The summed E-state index contributed by atoms with van der Waals surface area (Å²) in [5.41, 5.74) is 3.68. The second kappa shape index (κ2) is 10.4. The average molecular weight is 525 g/mol. The van der Waals surface area contributed by atoms with Gasteiger partial charge in [0.15, 0.2) is 6.23 Å². The lowest BCUT2D eigenvalue weighted by atomic mass is 9.87. The van der Waals surface area contributed by atoms with Gasteiger partial charge < -0.3 is 39.4 Å². The number of aliphatic hydroxyl groups excluding tert-OH is 3. The number of nitrogens with one attached hydrogen (secondary N) is 1. The highest BCUT2D eigenvalue weighted by Crippen LogP contribution is 2.53. The monoisotopic (exact) mass is 524 g/mol. The molecule has 10 heteroatoms. The zero-order valence-electron chi connectivity index (χ0n) is 21.4. The van der Waals surface area contributed by atoms with Crippen molar-refractivity contribution in [3.8, 4) is 0 Å². The van der Waals surface area contributed by atoms with E-state index in [1.54, 1.807) is 6.92 Å². The number of benzene rings is 2. The van der Waals surface area contributed by atoms with Gasteiger partial charge in [0.1, 0.15) is 18.3 Å². The van der Waals surface area contributed by atoms with Crippen LogP contribution in [0.4, 0.5) is 5.69 Å². The van der Waals surface area contributed by atoms with Crippen LogP contribution in [0.1, 0.15) is 42.1 Å². The van der Waals surface area contributed by atoms with E-state index in [0.717, 1.165) is 16.5 Å². The third-order valence-corrected chi connectivity index (χ3v) is 7.70. The van der Waals surface area contributed by atoms with Gasteiger partial charge in [0.05, 0.1) is 39.2 Å². The van der Waals surface area contributed by atoms with E-state index in [4.69, 9.17) is 14.2 Å². The normalized spacial score (nSPS) is 28.8. The van der Waals surface area contributed by atoms with E-state index in [2.05, 4.69) is 4.98 Å². The number of aromatic amines is 1. The maximum Gasteiger partial charge on any atom is 0.310 e. The molecule has 0 saturated carbocycles. The zero-order chi connectivity index (χ0) is 27.1. The van der Waals surface area contributed by atoms with E-state index in [0.29, 0.717) is 16.9 Å². The van der Waals surface area contributed by atoms with Crippen LogP contribution in [0.25, 0.3) is 10.9 Å². The van der Waals surface area contributed by atoms with Crippen LogP contribution in [0, 0.1) is 0 Å². The first kappa shape index (κ1) is 26.2. The Hall–Kier alpha value is -3.44. The van der Waals surface area contributed by atoms with Crippen LogP contribution >= 0.6 is 0 Å². The van der Waals surface area contributed by atoms with Gasteiger partial charge in [-0.2, -0.15) is 0 Å². The summed E-state index contributed by atoms with van der Waals surface area (Å²) in [4.78, 5) is 30.5. The molecule has 2 aliphatic heterocycles. The molecule has 1 saturated heterocycles. The van der Waals surface area contributed by atoms with Gasteiger partial charge in [0, 0.05) is 28.2 Å². The summed E-state index contributed by atoms with van der Waals surface area (Å²) < 4.78 is 16.1. The number of hydrogen-bond acceptors (Lipinski definition) is 9. The minimum Gasteiger partial charge on any atom is -0.469 e. The molecule has 7 atom stereocenters. The smallest absolute Gasteiger partial charge is 0.310 e. The van der Waals surface area contributed by atoms with Gasteiger partial charge in [-0.3, -0.25) is 9.59 Å². The molecule has 1 aromatic heterocycles. The third kappa shape index (κ3) is 4.33. The van der Waals surface area contributed by atoms with Crippen molar-refractivity contribution in [2.75, 3.05) is 19.1 Å². The highest BCUT2D eigenvalue weighted by molar-refractivity contribution is 5.89. The molecule has 5 rings (SSSR count). The van der Waals surface area contributed by atoms with E-state index in [1.165, 1.54) is 14.2 Å². The van der Waals surface area contributed by atoms with Crippen LogP contribution in [0.3, 0.4) is 0 Å². The molecule has 3 aromatic rings. The lowest BCUT2D eigenvalue weighted by Crippen LogP contribution is -2.62. The number of nitrogens with zero attached hydrogens (tertiary/aromatic N) is 1. The van der Waals surface area contributed by atoms with Crippen molar-refractivity contribution in [1.82, 2.24) is 4.98 Å². The first-order valence-corrected chi connectivity index (χ1v) is 12.6. The van der Waals surface area contributed by atoms with Crippen molar-refractivity contribution in [3.05, 3.63) is 65.4 Å². The van der Waals surface area contributed by atoms with Crippen LogP contribution in [-0.2, 0) is 30.2 Å². The largest absolute Gasteiger partial charge is 0.469 e. The Morgan fingerprint density at radius 2 is 1.63 bits per heavy atom. The molecule has 38 heavy (non-hydrogen) atoms. The molecule has 2 aromatic carbocycles. The van der Waals surface area contributed by atoms with Gasteiger partial charge in [-0.15, -0.1) is 0 Å². The summed E-state index contributed by atoms with van der Waals surface area (Å²) in [6.07, 6.45) is -6.02. The number of anilines is 1. The van der Waals surface area contributed by atoms with E-state index in [-0.39, 0.29) is 12.8 Å². The van der Waals surface area contributed by atoms with E-state index in [1.807, 2.05) is 53.4 Å². The number of hydrogen-bond donors (Lipinski definition) is 4. The summed E-state index contributed by atoms with van der Waals surface area (Å²) in [6, 6.07) is 14.4. The Morgan fingerprint density at radius 3 is 2.37 bits per heavy atom. The summed E-state index contributed by atoms with van der Waals surface area (Å²) in [7, 11) is 2.66. The van der Waals surface area contributed by atoms with Crippen LogP contribution < -0.4 is 4.90 Å². The summed E-state index contributed by atoms with van der Waals surface area (Å²) in [5.74, 6) is -1.29. The number of esters is 2. The van der Waals surface area contributed by atoms with Crippen molar-refractivity contribution in [2.45, 2.75) is 62.4 Å². The Labute approximate surface area is 219 Å². The Morgan fingerprint density at radius 1 is 0.947 bits per heavy atom. The maximum absolute atomic E-state index is 12.7. The molecule has 0 spiro atoms. The maximum atomic E-state index is 12.7. The topological polar surface area (TPSA) is 142 Å². The number of para-hydroxylation sites is 2. The molecule has 1 fully saturated rings.